The van der Waals surface area contributed by atoms with E-state index in [2.05, 4.69) is 36.2 Å². The van der Waals surface area contributed by atoms with Crippen molar-refractivity contribution in [1.82, 2.24) is 4.90 Å². The second kappa shape index (κ2) is 9.10. The van der Waals surface area contributed by atoms with Gasteiger partial charge in [-0.1, -0.05) is 37.5 Å². The number of alkyl halides is 1. The maximum absolute atomic E-state index is 6.77. The number of hydrogen-bond acceptors (Lipinski definition) is 2. The molecule has 1 aliphatic heterocycles. The summed E-state index contributed by atoms with van der Waals surface area (Å²) in [6, 6.07) is 8.50. The smallest absolute Gasteiger partial charge is 0.122 e. The monoisotopic (exact) mass is 349 g/mol. The summed E-state index contributed by atoms with van der Waals surface area (Å²) in [6.45, 7) is 3.21. The van der Waals surface area contributed by atoms with E-state index in [4.69, 9.17) is 16.3 Å². The molecule has 2 fully saturated rings. The van der Waals surface area contributed by atoms with Crippen molar-refractivity contribution in [2.24, 2.45) is 11.8 Å². The number of likely N-dealkylation sites (tertiary alicyclic amines) is 1. The molecule has 1 heterocycles. The van der Waals surface area contributed by atoms with Gasteiger partial charge in [-0.2, -0.15) is 0 Å². The second-order valence-electron chi connectivity index (χ2n) is 7.81. The molecular weight excluding hydrogens is 318 g/mol. The van der Waals surface area contributed by atoms with E-state index in [0.29, 0.717) is 11.8 Å². The van der Waals surface area contributed by atoms with Gasteiger partial charge in [-0.05, 0) is 63.2 Å². The quantitative estimate of drug-likeness (QED) is 0.659. The molecule has 0 bridgehead atoms. The largest absolute Gasteiger partial charge is 0.493 e. The van der Waals surface area contributed by atoms with Gasteiger partial charge in [0, 0.05) is 17.8 Å². The van der Waals surface area contributed by atoms with E-state index in [1.54, 1.807) is 0 Å². The minimum atomic E-state index is 0.246. The predicted molar refractivity (Wildman–Crippen MR) is 102 cm³/mol. The van der Waals surface area contributed by atoms with Crippen molar-refractivity contribution >= 4 is 11.6 Å². The molecule has 1 saturated heterocycles. The molecule has 3 heteroatoms. The summed E-state index contributed by atoms with van der Waals surface area (Å²) in [5.74, 6) is 2.38. The lowest BCUT2D eigenvalue weighted by molar-refractivity contribution is 0.149. The molecule has 2 aliphatic rings. The van der Waals surface area contributed by atoms with Crippen molar-refractivity contribution in [1.29, 1.82) is 0 Å². The molecule has 24 heavy (non-hydrogen) atoms. The van der Waals surface area contributed by atoms with Crippen molar-refractivity contribution in [2.45, 2.75) is 56.7 Å². The molecule has 2 unspecified atom stereocenters. The SMILES string of the molecule is CN1CCCC(COc2ccccc2CC(Cl)C2CCCCC2)C1. The van der Waals surface area contributed by atoms with Crippen LogP contribution in [0.25, 0.3) is 0 Å². The highest BCUT2D eigenvalue weighted by Gasteiger charge is 2.23. The average Bonchev–Trinajstić information content (AvgIpc) is 2.62. The lowest BCUT2D eigenvalue weighted by atomic mass is 9.85. The standard InChI is InChI=1S/C21H32ClNO/c1-23-13-7-8-17(15-23)16-24-21-12-6-5-11-19(21)14-20(22)18-9-3-2-4-10-18/h5-6,11-12,17-18,20H,2-4,7-10,13-16H2,1H3. The van der Waals surface area contributed by atoms with Crippen LogP contribution in [0.1, 0.15) is 50.5 Å². The first kappa shape index (κ1) is 18.1. The first-order chi connectivity index (χ1) is 11.7. The number of ether oxygens (including phenoxy) is 1. The summed E-state index contributed by atoms with van der Waals surface area (Å²) >= 11 is 6.77. The molecule has 2 nitrogen and oxygen atoms in total. The van der Waals surface area contributed by atoms with Crippen molar-refractivity contribution in [2.75, 3.05) is 26.7 Å². The molecule has 0 amide bonds. The van der Waals surface area contributed by atoms with Crippen LogP contribution < -0.4 is 4.74 Å². The third-order valence-electron chi connectivity index (χ3n) is 5.75. The van der Waals surface area contributed by atoms with Crippen LogP contribution in [0.5, 0.6) is 5.75 Å². The highest BCUT2D eigenvalue weighted by atomic mass is 35.5. The lowest BCUT2D eigenvalue weighted by Crippen LogP contribution is -2.34. The zero-order valence-corrected chi connectivity index (χ0v) is 15.8. The number of halogens is 1. The summed E-state index contributed by atoms with van der Waals surface area (Å²) in [6.07, 6.45) is 10.2. The highest BCUT2D eigenvalue weighted by molar-refractivity contribution is 6.20. The average molecular weight is 350 g/mol. The molecule has 0 N–H and O–H groups in total. The molecular formula is C21H32ClNO. The summed E-state index contributed by atoms with van der Waals surface area (Å²) in [4.78, 5) is 2.42. The molecule has 2 atom stereocenters. The molecule has 3 rings (SSSR count). The Bertz CT molecular complexity index is 500. The molecule has 1 aromatic rings. The van der Waals surface area contributed by atoms with Gasteiger partial charge >= 0.3 is 0 Å². The maximum Gasteiger partial charge on any atom is 0.122 e. The van der Waals surface area contributed by atoms with Crippen molar-refractivity contribution in [3.05, 3.63) is 29.8 Å². The topological polar surface area (TPSA) is 12.5 Å². The van der Waals surface area contributed by atoms with Crippen LogP contribution in [0.3, 0.4) is 0 Å². The fourth-order valence-corrected chi connectivity index (χ4v) is 4.72. The van der Waals surface area contributed by atoms with Gasteiger partial charge in [0.1, 0.15) is 5.75 Å². The van der Waals surface area contributed by atoms with E-state index in [0.717, 1.165) is 25.3 Å². The summed E-state index contributed by atoms with van der Waals surface area (Å²) in [5, 5.41) is 0.246. The Morgan fingerprint density at radius 3 is 2.71 bits per heavy atom. The Labute approximate surface area is 152 Å². The minimum Gasteiger partial charge on any atom is -0.493 e. The fraction of sp³-hybridized carbons (Fsp3) is 0.714. The van der Waals surface area contributed by atoms with Gasteiger partial charge in [-0.25, -0.2) is 0 Å². The Kier molecular flexibility index (Phi) is 6.85. The summed E-state index contributed by atoms with van der Waals surface area (Å²) in [5.41, 5.74) is 1.28. The van der Waals surface area contributed by atoms with Crippen LogP contribution in [-0.2, 0) is 6.42 Å². The van der Waals surface area contributed by atoms with E-state index in [1.807, 2.05) is 0 Å². The van der Waals surface area contributed by atoms with Crippen molar-refractivity contribution < 1.29 is 4.74 Å². The van der Waals surface area contributed by atoms with Crippen LogP contribution in [0, 0.1) is 11.8 Å². The zero-order valence-electron chi connectivity index (χ0n) is 15.1. The third kappa shape index (κ3) is 5.13. The van der Waals surface area contributed by atoms with Crippen LogP contribution in [-0.4, -0.2) is 37.0 Å². The Morgan fingerprint density at radius 2 is 1.92 bits per heavy atom. The summed E-state index contributed by atoms with van der Waals surface area (Å²) < 4.78 is 6.23. The van der Waals surface area contributed by atoms with Gasteiger partial charge in [0.25, 0.3) is 0 Å². The lowest BCUT2D eigenvalue weighted by Gasteiger charge is -2.30. The van der Waals surface area contributed by atoms with Crippen LogP contribution >= 0.6 is 11.6 Å². The first-order valence-electron chi connectivity index (χ1n) is 9.75. The van der Waals surface area contributed by atoms with E-state index in [-0.39, 0.29) is 5.38 Å². The number of rotatable bonds is 6. The van der Waals surface area contributed by atoms with Crippen LogP contribution in [0.4, 0.5) is 0 Å². The van der Waals surface area contributed by atoms with E-state index in [9.17, 15) is 0 Å². The van der Waals surface area contributed by atoms with Gasteiger partial charge in [0.15, 0.2) is 0 Å². The number of hydrogen-bond donors (Lipinski definition) is 0. The molecule has 0 aromatic heterocycles. The molecule has 1 saturated carbocycles. The highest BCUT2D eigenvalue weighted by Crippen LogP contribution is 2.33. The number of piperidine rings is 1. The van der Waals surface area contributed by atoms with Crippen molar-refractivity contribution in [3.8, 4) is 5.75 Å². The zero-order chi connectivity index (χ0) is 16.8. The first-order valence-corrected chi connectivity index (χ1v) is 10.2. The predicted octanol–water partition coefficient (Wildman–Crippen LogP) is 5.14. The second-order valence-corrected chi connectivity index (χ2v) is 8.37. The van der Waals surface area contributed by atoms with Gasteiger partial charge < -0.3 is 9.64 Å². The van der Waals surface area contributed by atoms with Crippen LogP contribution in [0.15, 0.2) is 24.3 Å². The Hall–Kier alpha value is -0.730. The maximum atomic E-state index is 6.77. The van der Waals surface area contributed by atoms with Gasteiger partial charge in [0.05, 0.1) is 6.61 Å². The van der Waals surface area contributed by atoms with Gasteiger partial charge in [-0.15, -0.1) is 11.6 Å². The van der Waals surface area contributed by atoms with Gasteiger partial charge in [-0.3, -0.25) is 0 Å². The molecule has 0 spiro atoms. The summed E-state index contributed by atoms with van der Waals surface area (Å²) in [7, 11) is 2.21. The molecule has 134 valence electrons. The normalized spacial score (nSPS) is 24.7. The third-order valence-corrected chi connectivity index (χ3v) is 6.26. The van der Waals surface area contributed by atoms with E-state index < -0.39 is 0 Å². The molecule has 1 aromatic carbocycles. The van der Waals surface area contributed by atoms with Crippen molar-refractivity contribution in [3.63, 3.8) is 0 Å². The minimum absolute atomic E-state index is 0.246. The van der Waals surface area contributed by atoms with Gasteiger partial charge in [0.2, 0.25) is 0 Å². The number of nitrogens with zero attached hydrogens (tertiary/aromatic N) is 1. The number of para-hydroxylation sites is 1. The molecule has 1 aliphatic carbocycles. The molecule has 0 radical (unpaired) electrons. The Balaban J connectivity index is 1.56. The number of benzene rings is 1. The van der Waals surface area contributed by atoms with E-state index in [1.165, 1.54) is 57.1 Å². The fourth-order valence-electron chi connectivity index (χ4n) is 4.30. The van der Waals surface area contributed by atoms with Crippen LogP contribution in [0.2, 0.25) is 0 Å². The Morgan fingerprint density at radius 1 is 1.12 bits per heavy atom. The van der Waals surface area contributed by atoms with E-state index >= 15 is 0 Å².